The van der Waals surface area contributed by atoms with E-state index in [1.165, 1.54) is 31.2 Å². The average molecular weight is 402 g/mol. The Bertz CT molecular complexity index is 1000. The minimum Gasteiger partial charge on any atom is -0.442 e. The van der Waals surface area contributed by atoms with Crippen LogP contribution in [0.25, 0.3) is 0 Å². The lowest BCUT2D eigenvalue weighted by Crippen LogP contribution is -2.35. The third-order valence-corrected chi connectivity index (χ3v) is 4.17. The number of ether oxygens (including phenoxy) is 2. The molecule has 0 bridgehead atoms. The molecule has 0 saturated heterocycles. The Morgan fingerprint density at radius 2 is 1.10 bits per heavy atom. The molecule has 0 aliphatic rings. The normalized spacial score (nSPS) is 10.3. The van der Waals surface area contributed by atoms with E-state index >= 15 is 0 Å². The number of esters is 2. The summed E-state index contributed by atoms with van der Waals surface area (Å²) in [6, 6.07) is 21.9. The second kappa shape index (κ2) is 9.43. The molecule has 0 amide bonds. The maximum absolute atomic E-state index is 12.9. The fourth-order valence-corrected chi connectivity index (χ4v) is 2.73. The second-order valence-electron chi connectivity index (χ2n) is 6.36. The zero-order valence-electron chi connectivity index (χ0n) is 16.1. The lowest BCUT2D eigenvalue weighted by atomic mass is 9.98. The van der Waals surface area contributed by atoms with Crippen LogP contribution in [-0.2, 0) is 9.53 Å². The number of hydrogen-bond donors (Lipinski definition) is 0. The Balaban J connectivity index is 1.86. The fraction of sp³-hybridized carbons (Fsp3) is 0.0833. The molecular weight excluding hydrogens is 384 g/mol. The van der Waals surface area contributed by atoms with E-state index in [1.807, 2.05) is 0 Å². The van der Waals surface area contributed by atoms with E-state index in [0.29, 0.717) is 0 Å². The Kier molecular flexibility index (Phi) is 6.49. The Hall–Kier alpha value is -4.06. The quantitative estimate of drug-likeness (QED) is 0.258. The van der Waals surface area contributed by atoms with Crippen molar-refractivity contribution in [2.45, 2.75) is 13.0 Å². The predicted octanol–water partition coefficient (Wildman–Crippen LogP) is 3.90. The van der Waals surface area contributed by atoms with Gasteiger partial charge in [0.15, 0.2) is 0 Å². The van der Waals surface area contributed by atoms with Gasteiger partial charge in [0.2, 0.25) is 17.7 Å². The van der Waals surface area contributed by atoms with Gasteiger partial charge in [0, 0.05) is 18.1 Å². The standard InChI is InChI=1S/C24H18O6/c1-16(25)29-20-14-12-19(13-15-20)24(28)30-23(21(26)17-8-4-2-5-9-17)22(27)18-10-6-3-7-11-18/h2-15,23H,1H3. The van der Waals surface area contributed by atoms with Gasteiger partial charge in [0.25, 0.3) is 0 Å². The van der Waals surface area contributed by atoms with Crippen molar-refractivity contribution in [3.63, 3.8) is 0 Å². The highest BCUT2D eigenvalue weighted by atomic mass is 16.6. The molecule has 0 N–H and O–H groups in total. The van der Waals surface area contributed by atoms with E-state index in [-0.39, 0.29) is 22.4 Å². The SMILES string of the molecule is CC(=O)Oc1ccc(C(=O)OC(C(=O)c2ccccc2)C(=O)c2ccccc2)cc1. The van der Waals surface area contributed by atoms with Crippen LogP contribution < -0.4 is 4.74 Å². The molecule has 0 aliphatic carbocycles. The summed E-state index contributed by atoms with van der Waals surface area (Å²) < 4.78 is 10.3. The summed E-state index contributed by atoms with van der Waals surface area (Å²) >= 11 is 0. The first-order chi connectivity index (χ1) is 14.5. The number of carbonyl (C=O) groups excluding carboxylic acids is 4. The van der Waals surface area contributed by atoms with Crippen LogP contribution in [0.3, 0.4) is 0 Å². The van der Waals surface area contributed by atoms with Gasteiger partial charge < -0.3 is 9.47 Å². The van der Waals surface area contributed by atoms with E-state index < -0.39 is 29.6 Å². The molecule has 0 aromatic heterocycles. The van der Waals surface area contributed by atoms with Gasteiger partial charge >= 0.3 is 11.9 Å². The first kappa shape index (κ1) is 20.7. The lowest BCUT2D eigenvalue weighted by molar-refractivity contribution is -0.131. The van der Waals surface area contributed by atoms with E-state index in [9.17, 15) is 19.2 Å². The lowest BCUT2D eigenvalue weighted by Gasteiger charge is -2.16. The molecule has 0 heterocycles. The average Bonchev–Trinajstić information content (AvgIpc) is 2.77. The largest absolute Gasteiger partial charge is 0.442 e. The maximum atomic E-state index is 12.9. The van der Waals surface area contributed by atoms with Crippen LogP contribution in [-0.4, -0.2) is 29.6 Å². The number of benzene rings is 3. The highest BCUT2D eigenvalue weighted by Crippen LogP contribution is 2.17. The highest BCUT2D eigenvalue weighted by molar-refractivity contribution is 6.19. The second-order valence-corrected chi connectivity index (χ2v) is 6.36. The van der Waals surface area contributed by atoms with Crippen molar-refractivity contribution in [1.29, 1.82) is 0 Å². The van der Waals surface area contributed by atoms with Crippen LogP contribution in [0.1, 0.15) is 38.0 Å². The molecule has 3 rings (SSSR count). The summed E-state index contributed by atoms with van der Waals surface area (Å²) in [4.78, 5) is 49.5. The molecule has 3 aromatic rings. The fourth-order valence-electron chi connectivity index (χ4n) is 2.73. The topological polar surface area (TPSA) is 86.7 Å². The van der Waals surface area contributed by atoms with Crippen LogP contribution >= 0.6 is 0 Å². The number of Topliss-reactive ketones (excluding diaryl/α,β-unsaturated/α-hetero) is 2. The number of ketones is 2. The van der Waals surface area contributed by atoms with Crippen molar-refractivity contribution in [3.8, 4) is 5.75 Å². The monoisotopic (exact) mass is 402 g/mol. The molecular formula is C24H18O6. The molecule has 6 nitrogen and oxygen atoms in total. The third-order valence-electron chi connectivity index (χ3n) is 4.17. The molecule has 6 heteroatoms. The first-order valence-electron chi connectivity index (χ1n) is 9.13. The molecule has 0 saturated carbocycles. The zero-order valence-corrected chi connectivity index (χ0v) is 16.1. The van der Waals surface area contributed by atoms with E-state index in [4.69, 9.17) is 9.47 Å². The molecule has 0 aliphatic heterocycles. The van der Waals surface area contributed by atoms with Gasteiger partial charge in [0.05, 0.1) is 5.56 Å². The van der Waals surface area contributed by atoms with Crippen LogP contribution in [0.4, 0.5) is 0 Å². The summed E-state index contributed by atoms with van der Waals surface area (Å²) in [7, 11) is 0. The number of rotatable bonds is 7. The number of carbonyl (C=O) groups is 4. The maximum Gasteiger partial charge on any atom is 0.339 e. The number of hydrogen-bond acceptors (Lipinski definition) is 6. The smallest absolute Gasteiger partial charge is 0.339 e. The van der Waals surface area contributed by atoms with Crippen molar-refractivity contribution in [2.24, 2.45) is 0 Å². The third kappa shape index (κ3) is 5.05. The molecule has 0 unspecified atom stereocenters. The Labute approximate surface area is 173 Å². The zero-order chi connectivity index (χ0) is 21.5. The van der Waals surface area contributed by atoms with Gasteiger partial charge in [-0.25, -0.2) is 4.79 Å². The van der Waals surface area contributed by atoms with Gasteiger partial charge in [-0.05, 0) is 24.3 Å². The van der Waals surface area contributed by atoms with Gasteiger partial charge in [-0.1, -0.05) is 60.7 Å². The molecule has 0 radical (unpaired) electrons. The van der Waals surface area contributed by atoms with E-state index in [2.05, 4.69) is 0 Å². The van der Waals surface area contributed by atoms with Gasteiger partial charge in [0.1, 0.15) is 5.75 Å². The Morgan fingerprint density at radius 3 is 1.53 bits per heavy atom. The highest BCUT2D eigenvalue weighted by Gasteiger charge is 2.32. The summed E-state index contributed by atoms with van der Waals surface area (Å²) in [6.45, 7) is 1.26. The van der Waals surface area contributed by atoms with Gasteiger partial charge in [-0.2, -0.15) is 0 Å². The molecule has 30 heavy (non-hydrogen) atoms. The first-order valence-corrected chi connectivity index (χ1v) is 9.13. The summed E-state index contributed by atoms with van der Waals surface area (Å²) in [5, 5.41) is 0. The summed E-state index contributed by atoms with van der Waals surface area (Å²) in [5.74, 6) is -2.31. The van der Waals surface area contributed by atoms with E-state index in [1.54, 1.807) is 60.7 Å². The van der Waals surface area contributed by atoms with Gasteiger partial charge in [-0.3, -0.25) is 14.4 Å². The minimum absolute atomic E-state index is 0.109. The molecule has 3 aromatic carbocycles. The van der Waals surface area contributed by atoms with Gasteiger partial charge in [-0.15, -0.1) is 0 Å². The van der Waals surface area contributed by atoms with Crippen molar-refractivity contribution in [2.75, 3.05) is 0 Å². The van der Waals surface area contributed by atoms with Crippen molar-refractivity contribution < 1.29 is 28.7 Å². The molecule has 0 atom stereocenters. The molecule has 0 spiro atoms. The van der Waals surface area contributed by atoms with Crippen molar-refractivity contribution in [3.05, 3.63) is 102 Å². The molecule has 150 valence electrons. The summed E-state index contributed by atoms with van der Waals surface area (Å²) in [5.41, 5.74) is 0.618. The van der Waals surface area contributed by atoms with Crippen LogP contribution in [0.5, 0.6) is 5.75 Å². The summed E-state index contributed by atoms with van der Waals surface area (Å²) in [6.07, 6.45) is -1.63. The minimum atomic E-state index is -1.63. The van der Waals surface area contributed by atoms with Crippen molar-refractivity contribution in [1.82, 2.24) is 0 Å². The Morgan fingerprint density at radius 1 is 0.633 bits per heavy atom. The van der Waals surface area contributed by atoms with Crippen molar-refractivity contribution >= 4 is 23.5 Å². The molecule has 0 fully saturated rings. The predicted molar refractivity (Wildman–Crippen MR) is 108 cm³/mol. The van der Waals surface area contributed by atoms with Crippen LogP contribution in [0, 0.1) is 0 Å². The van der Waals surface area contributed by atoms with Crippen LogP contribution in [0.2, 0.25) is 0 Å². The van der Waals surface area contributed by atoms with E-state index in [0.717, 1.165) is 0 Å². The van der Waals surface area contributed by atoms with Crippen LogP contribution in [0.15, 0.2) is 84.9 Å².